The number of benzene rings is 1. The highest BCUT2D eigenvalue weighted by atomic mass is 79.9. The van der Waals surface area contributed by atoms with E-state index in [1.807, 2.05) is 6.92 Å². The quantitative estimate of drug-likeness (QED) is 0.710. The summed E-state index contributed by atoms with van der Waals surface area (Å²) in [5.41, 5.74) is 2.42. The fraction of sp³-hybridized carbons (Fsp3) is 0.167. The van der Waals surface area contributed by atoms with Gasteiger partial charge in [-0.3, -0.25) is 0 Å². The van der Waals surface area contributed by atoms with E-state index >= 15 is 0 Å². The molecule has 1 aromatic carbocycles. The van der Waals surface area contributed by atoms with E-state index < -0.39 is 0 Å². The fourth-order valence-electron chi connectivity index (χ4n) is 1.59. The molecule has 0 unspecified atom stereocenters. The summed E-state index contributed by atoms with van der Waals surface area (Å²) in [6.07, 6.45) is 2.10. The molecule has 0 N–H and O–H groups in total. The van der Waals surface area contributed by atoms with E-state index in [2.05, 4.69) is 57.5 Å². The van der Waals surface area contributed by atoms with Crippen LogP contribution in [0.15, 0.2) is 47.1 Å². The number of hydrogen-bond donors (Lipinski definition) is 0. The monoisotopic (exact) mass is 249 g/mol. The van der Waals surface area contributed by atoms with Crippen molar-refractivity contribution in [2.24, 2.45) is 0 Å². The molecule has 1 heterocycles. The van der Waals surface area contributed by atoms with E-state index in [1.54, 1.807) is 0 Å². The van der Waals surface area contributed by atoms with Crippen LogP contribution in [0.25, 0.3) is 10.9 Å². The molecule has 0 aliphatic heterocycles. The topological polar surface area (TPSA) is 4.93 Å². The minimum absolute atomic E-state index is 0.889. The Morgan fingerprint density at radius 1 is 1.43 bits per heavy atom. The lowest BCUT2D eigenvalue weighted by Gasteiger charge is -2.04. The lowest BCUT2D eigenvalue weighted by molar-refractivity contribution is 0.822. The van der Waals surface area contributed by atoms with E-state index in [1.165, 1.54) is 16.5 Å². The summed E-state index contributed by atoms with van der Waals surface area (Å²) in [7, 11) is 0. The van der Waals surface area contributed by atoms with Crippen molar-refractivity contribution in [3.8, 4) is 0 Å². The standard InChI is InChI=1S/C12H12BrN/c1-9(2)8-14-6-5-10-3-4-11(13)7-12(10)14/h3-7H,1,8H2,2H3. The maximum atomic E-state index is 3.93. The second-order valence-corrected chi connectivity index (χ2v) is 4.52. The van der Waals surface area contributed by atoms with Crippen LogP contribution in [0.3, 0.4) is 0 Å². The number of aromatic nitrogens is 1. The smallest absolute Gasteiger partial charge is 0.0494 e. The summed E-state index contributed by atoms with van der Waals surface area (Å²) < 4.78 is 3.33. The molecule has 0 aliphatic rings. The van der Waals surface area contributed by atoms with Gasteiger partial charge in [0.2, 0.25) is 0 Å². The predicted molar refractivity (Wildman–Crippen MR) is 64.5 cm³/mol. The van der Waals surface area contributed by atoms with Gasteiger partial charge in [0.1, 0.15) is 0 Å². The number of nitrogens with zero attached hydrogens (tertiary/aromatic N) is 1. The molecule has 0 amide bonds. The van der Waals surface area contributed by atoms with Crippen LogP contribution in [0.1, 0.15) is 6.92 Å². The molecule has 2 rings (SSSR count). The number of halogens is 1. The zero-order chi connectivity index (χ0) is 10.1. The summed E-state index contributed by atoms with van der Waals surface area (Å²) in [6.45, 7) is 6.86. The summed E-state index contributed by atoms with van der Waals surface area (Å²) in [4.78, 5) is 0. The van der Waals surface area contributed by atoms with Crippen LogP contribution in [0.5, 0.6) is 0 Å². The third kappa shape index (κ3) is 1.75. The highest BCUT2D eigenvalue weighted by Crippen LogP contribution is 2.21. The summed E-state index contributed by atoms with van der Waals surface area (Å²) in [5.74, 6) is 0. The van der Waals surface area contributed by atoms with Gasteiger partial charge in [-0.25, -0.2) is 0 Å². The van der Waals surface area contributed by atoms with Gasteiger partial charge < -0.3 is 4.57 Å². The van der Waals surface area contributed by atoms with Crippen LogP contribution < -0.4 is 0 Å². The zero-order valence-corrected chi connectivity index (χ0v) is 9.71. The summed E-state index contributed by atoms with van der Waals surface area (Å²) in [6, 6.07) is 8.45. The molecule has 0 saturated heterocycles. The van der Waals surface area contributed by atoms with Gasteiger partial charge >= 0.3 is 0 Å². The van der Waals surface area contributed by atoms with Crippen molar-refractivity contribution >= 4 is 26.8 Å². The molecule has 0 aliphatic carbocycles. The number of allylic oxidation sites excluding steroid dienone is 1. The largest absolute Gasteiger partial charge is 0.343 e. The maximum absolute atomic E-state index is 3.93. The average molecular weight is 250 g/mol. The Morgan fingerprint density at radius 2 is 2.21 bits per heavy atom. The molecule has 2 heteroatoms. The van der Waals surface area contributed by atoms with Crippen LogP contribution in [0.2, 0.25) is 0 Å². The highest BCUT2D eigenvalue weighted by Gasteiger charge is 2.00. The first-order valence-electron chi connectivity index (χ1n) is 4.55. The number of rotatable bonds is 2. The maximum Gasteiger partial charge on any atom is 0.0494 e. The summed E-state index contributed by atoms with van der Waals surface area (Å²) >= 11 is 3.48. The van der Waals surface area contributed by atoms with Crippen LogP contribution in [0.4, 0.5) is 0 Å². The first-order chi connectivity index (χ1) is 6.66. The van der Waals surface area contributed by atoms with E-state index in [4.69, 9.17) is 0 Å². The molecule has 0 atom stereocenters. The second kappa shape index (κ2) is 3.62. The second-order valence-electron chi connectivity index (χ2n) is 3.60. The molecule has 0 fully saturated rings. The van der Waals surface area contributed by atoms with Crippen LogP contribution in [-0.2, 0) is 6.54 Å². The van der Waals surface area contributed by atoms with Gasteiger partial charge in [-0.2, -0.15) is 0 Å². The molecule has 0 bridgehead atoms. The Labute approximate surface area is 92.2 Å². The van der Waals surface area contributed by atoms with Crippen molar-refractivity contribution in [3.05, 3.63) is 47.1 Å². The molecule has 1 nitrogen and oxygen atoms in total. The minimum atomic E-state index is 0.889. The van der Waals surface area contributed by atoms with Gasteiger partial charge in [-0.1, -0.05) is 34.1 Å². The minimum Gasteiger partial charge on any atom is -0.343 e. The first kappa shape index (κ1) is 9.53. The van der Waals surface area contributed by atoms with Crippen molar-refractivity contribution < 1.29 is 0 Å². The molecular formula is C12H12BrN. The first-order valence-corrected chi connectivity index (χ1v) is 5.35. The third-order valence-corrected chi connectivity index (χ3v) is 2.67. The van der Waals surface area contributed by atoms with Crippen molar-refractivity contribution in [1.29, 1.82) is 0 Å². The Bertz CT molecular complexity index is 482. The normalized spacial score (nSPS) is 10.7. The molecule has 2 aromatic rings. The van der Waals surface area contributed by atoms with Crippen molar-refractivity contribution in [3.63, 3.8) is 0 Å². The lowest BCUT2D eigenvalue weighted by Crippen LogP contribution is -1.95. The molecule has 0 spiro atoms. The van der Waals surface area contributed by atoms with Gasteiger partial charge in [-0.05, 0) is 30.5 Å². The number of hydrogen-bond acceptors (Lipinski definition) is 0. The van der Waals surface area contributed by atoms with Crippen LogP contribution in [-0.4, -0.2) is 4.57 Å². The van der Waals surface area contributed by atoms with Crippen molar-refractivity contribution in [2.45, 2.75) is 13.5 Å². The van der Waals surface area contributed by atoms with E-state index in [9.17, 15) is 0 Å². The van der Waals surface area contributed by atoms with E-state index in [0.29, 0.717) is 0 Å². The molecule has 0 radical (unpaired) electrons. The SMILES string of the molecule is C=C(C)Cn1ccc2ccc(Br)cc21. The highest BCUT2D eigenvalue weighted by molar-refractivity contribution is 9.10. The van der Waals surface area contributed by atoms with Gasteiger partial charge in [0, 0.05) is 22.7 Å². The summed E-state index contributed by atoms with van der Waals surface area (Å²) in [5, 5.41) is 1.27. The van der Waals surface area contributed by atoms with Crippen molar-refractivity contribution in [2.75, 3.05) is 0 Å². The molecular weight excluding hydrogens is 238 g/mol. The molecule has 72 valence electrons. The predicted octanol–water partition coefficient (Wildman–Crippen LogP) is 3.98. The Balaban J connectivity index is 2.55. The molecule has 14 heavy (non-hydrogen) atoms. The van der Waals surface area contributed by atoms with E-state index in [-0.39, 0.29) is 0 Å². The molecule has 0 saturated carbocycles. The van der Waals surface area contributed by atoms with Gasteiger partial charge in [0.15, 0.2) is 0 Å². The van der Waals surface area contributed by atoms with Crippen LogP contribution in [0, 0.1) is 0 Å². The van der Waals surface area contributed by atoms with Gasteiger partial charge in [0.05, 0.1) is 0 Å². The van der Waals surface area contributed by atoms with Gasteiger partial charge in [-0.15, -0.1) is 0 Å². The van der Waals surface area contributed by atoms with Crippen LogP contribution >= 0.6 is 15.9 Å². The Kier molecular flexibility index (Phi) is 2.46. The lowest BCUT2D eigenvalue weighted by atomic mass is 10.2. The zero-order valence-electron chi connectivity index (χ0n) is 8.13. The molecule has 1 aromatic heterocycles. The fourth-order valence-corrected chi connectivity index (χ4v) is 1.93. The average Bonchev–Trinajstić information content (AvgIpc) is 2.47. The van der Waals surface area contributed by atoms with Gasteiger partial charge in [0.25, 0.3) is 0 Å². The third-order valence-electron chi connectivity index (χ3n) is 2.18. The van der Waals surface area contributed by atoms with Crippen molar-refractivity contribution in [1.82, 2.24) is 4.57 Å². The Morgan fingerprint density at radius 3 is 2.93 bits per heavy atom. The van der Waals surface area contributed by atoms with E-state index in [0.717, 1.165) is 11.0 Å². The number of fused-ring (bicyclic) bond motifs is 1. The Hall–Kier alpha value is -1.02.